The maximum Gasteiger partial charge on any atom is 0.131 e. The summed E-state index contributed by atoms with van der Waals surface area (Å²) in [6.07, 6.45) is 0. The largest absolute Gasteiger partial charge is 0.373 e. The molecule has 0 amide bonds. The highest BCUT2D eigenvalue weighted by molar-refractivity contribution is 5.66. The lowest BCUT2D eigenvalue weighted by atomic mass is 10.2. The Morgan fingerprint density at radius 2 is 1.86 bits per heavy atom. The summed E-state index contributed by atoms with van der Waals surface area (Å²) in [5, 5.41) is 2.95. The number of nitroso groups, excluding NO2 is 1. The molecule has 78 valence electrons. The second kappa shape index (κ2) is 7.06. The van der Waals surface area contributed by atoms with Gasteiger partial charge < -0.3 is 4.90 Å². The molecule has 14 heavy (non-hydrogen) atoms. The molecule has 0 spiro atoms. The summed E-state index contributed by atoms with van der Waals surface area (Å²) in [4.78, 5) is 12.4. The van der Waals surface area contributed by atoms with Gasteiger partial charge in [-0.2, -0.15) is 0 Å². The first-order valence-electron chi connectivity index (χ1n) is 4.93. The van der Waals surface area contributed by atoms with Crippen LogP contribution in [-0.2, 0) is 0 Å². The fourth-order valence-corrected chi connectivity index (χ4v) is 1.03. The zero-order chi connectivity index (χ0) is 11.0. The molecule has 0 aromatic heterocycles. The van der Waals surface area contributed by atoms with E-state index in [0.29, 0.717) is 5.69 Å². The average Bonchev–Trinajstić information content (AvgIpc) is 2.30. The van der Waals surface area contributed by atoms with Crippen LogP contribution in [0.15, 0.2) is 29.4 Å². The van der Waals surface area contributed by atoms with E-state index >= 15 is 0 Å². The molecule has 0 radical (unpaired) electrons. The van der Waals surface area contributed by atoms with Crippen LogP contribution in [-0.4, -0.2) is 13.6 Å². The van der Waals surface area contributed by atoms with Gasteiger partial charge in [-0.15, -0.1) is 4.91 Å². The van der Waals surface area contributed by atoms with Crippen molar-refractivity contribution < 1.29 is 0 Å². The minimum absolute atomic E-state index is 0.502. The summed E-state index contributed by atoms with van der Waals surface area (Å²) in [7, 11) is 1.93. The Hall–Kier alpha value is -1.38. The fraction of sp³-hybridized carbons (Fsp3) is 0.455. The van der Waals surface area contributed by atoms with Gasteiger partial charge in [0.05, 0.1) is 5.69 Å². The maximum atomic E-state index is 10.4. The van der Waals surface area contributed by atoms with E-state index in [1.54, 1.807) is 6.07 Å². The van der Waals surface area contributed by atoms with Gasteiger partial charge in [0.25, 0.3) is 0 Å². The highest BCUT2D eigenvalue weighted by atomic mass is 16.3. The van der Waals surface area contributed by atoms with E-state index in [-0.39, 0.29) is 0 Å². The van der Waals surface area contributed by atoms with Crippen LogP contribution >= 0.6 is 0 Å². The van der Waals surface area contributed by atoms with Crippen LogP contribution in [0.25, 0.3) is 0 Å². The minimum atomic E-state index is 0.502. The van der Waals surface area contributed by atoms with Gasteiger partial charge in [0, 0.05) is 13.6 Å². The van der Waals surface area contributed by atoms with Crippen molar-refractivity contribution in [3.05, 3.63) is 29.2 Å². The lowest BCUT2D eigenvalue weighted by Crippen LogP contribution is -2.15. The lowest BCUT2D eigenvalue weighted by molar-refractivity contribution is 0.967. The zero-order valence-electron chi connectivity index (χ0n) is 9.32. The molecule has 0 fully saturated rings. The Kier molecular flexibility index (Phi) is 6.37. The van der Waals surface area contributed by atoms with Gasteiger partial charge >= 0.3 is 0 Å². The van der Waals surface area contributed by atoms with E-state index in [4.69, 9.17) is 0 Å². The average molecular weight is 194 g/mol. The van der Waals surface area contributed by atoms with Crippen molar-refractivity contribution in [1.82, 2.24) is 0 Å². The zero-order valence-corrected chi connectivity index (χ0v) is 9.32. The molecule has 0 aliphatic rings. The lowest BCUT2D eigenvalue weighted by Gasteiger charge is -2.17. The van der Waals surface area contributed by atoms with Crippen molar-refractivity contribution in [2.24, 2.45) is 5.18 Å². The predicted octanol–water partition coefficient (Wildman–Crippen LogP) is 3.57. The molecule has 1 rings (SSSR count). The summed E-state index contributed by atoms with van der Waals surface area (Å²) in [5.41, 5.74) is 1.39. The van der Waals surface area contributed by atoms with Crippen LogP contribution < -0.4 is 4.90 Å². The van der Waals surface area contributed by atoms with Crippen molar-refractivity contribution in [3.8, 4) is 0 Å². The minimum Gasteiger partial charge on any atom is -0.373 e. The molecular formula is C11H18N2O. The summed E-state index contributed by atoms with van der Waals surface area (Å²) in [6, 6.07) is 7.31. The first-order valence-corrected chi connectivity index (χ1v) is 4.93. The molecule has 3 heteroatoms. The molecule has 0 aliphatic carbocycles. The molecule has 1 aromatic carbocycles. The molecule has 0 atom stereocenters. The third-order valence-corrected chi connectivity index (χ3v) is 1.87. The number of rotatable bonds is 3. The third-order valence-electron chi connectivity index (χ3n) is 1.87. The van der Waals surface area contributed by atoms with Crippen LogP contribution in [0, 0.1) is 4.91 Å². The van der Waals surface area contributed by atoms with Crippen LogP contribution in [0.2, 0.25) is 0 Å². The molecule has 3 nitrogen and oxygen atoms in total. The Labute approximate surface area is 85.7 Å². The van der Waals surface area contributed by atoms with Crippen LogP contribution in [0.3, 0.4) is 0 Å². The molecule has 0 aliphatic heterocycles. The first-order chi connectivity index (χ1) is 6.79. The normalized spacial score (nSPS) is 8.57. The summed E-state index contributed by atoms with van der Waals surface area (Å²) in [5.74, 6) is 0. The predicted molar refractivity (Wildman–Crippen MR) is 62.2 cm³/mol. The number of para-hydroxylation sites is 1. The van der Waals surface area contributed by atoms with E-state index in [2.05, 4.69) is 5.18 Å². The Morgan fingerprint density at radius 1 is 1.29 bits per heavy atom. The third kappa shape index (κ3) is 3.17. The Morgan fingerprint density at radius 3 is 2.36 bits per heavy atom. The van der Waals surface area contributed by atoms with E-state index in [1.165, 1.54) is 0 Å². The topological polar surface area (TPSA) is 32.7 Å². The fourth-order valence-electron chi connectivity index (χ4n) is 1.03. The van der Waals surface area contributed by atoms with Crippen molar-refractivity contribution in [3.63, 3.8) is 0 Å². The van der Waals surface area contributed by atoms with Crippen LogP contribution in [0.1, 0.15) is 20.8 Å². The molecule has 0 heterocycles. The molecule has 0 saturated heterocycles. The van der Waals surface area contributed by atoms with Crippen molar-refractivity contribution in [1.29, 1.82) is 0 Å². The number of hydrogen-bond acceptors (Lipinski definition) is 3. The number of nitrogens with zero attached hydrogens (tertiary/aromatic N) is 2. The summed E-state index contributed by atoms with van der Waals surface area (Å²) >= 11 is 0. The summed E-state index contributed by atoms with van der Waals surface area (Å²) in [6.45, 7) is 6.90. The maximum absolute atomic E-state index is 10.4. The van der Waals surface area contributed by atoms with Gasteiger partial charge in [-0.25, -0.2) is 0 Å². The van der Waals surface area contributed by atoms with E-state index in [1.807, 2.05) is 50.9 Å². The van der Waals surface area contributed by atoms with Crippen molar-refractivity contribution in [2.75, 3.05) is 18.5 Å². The van der Waals surface area contributed by atoms with Gasteiger partial charge in [0.2, 0.25) is 0 Å². The number of hydrogen-bond donors (Lipinski definition) is 0. The quantitative estimate of drug-likeness (QED) is 0.689. The molecule has 0 unspecified atom stereocenters. The van der Waals surface area contributed by atoms with E-state index in [0.717, 1.165) is 12.2 Å². The van der Waals surface area contributed by atoms with Crippen LogP contribution in [0.4, 0.5) is 11.4 Å². The molecule has 0 bridgehead atoms. The molecular weight excluding hydrogens is 176 g/mol. The Balaban J connectivity index is 0.000000791. The standard InChI is InChI=1S/C9H12N2O.C2H6/c1-3-11(2)9-7-5-4-6-8(9)10-12;1-2/h4-7H,3H2,1-2H3;1-2H3. The van der Waals surface area contributed by atoms with Gasteiger partial charge in [-0.1, -0.05) is 26.0 Å². The van der Waals surface area contributed by atoms with E-state index in [9.17, 15) is 4.91 Å². The summed E-state index contributed by atoms with van der Waals surface area (Å²) < 4.78 is 0. The van der Waals surface area contributed by atoms with Gasteiger partial charge in [0.1, 0.15) is 5.69 Å². The highest BCUT2D eigenvalue weighted by Gasteiger charge is 2.03. The number of anilines is 1. The molecule has 0 saturated carbocycles. The Bertz CT molecular complexity index is 274. The van der Waals surface area contributed by atoms with Crippen molar-refractivity contribution >= 4 is 11.4 Å². The van der Waals surface area contributed by atoms with Gasteiger partial charge in [-0.3, -0.25) is 0 Å². The van der Waals surface area contributed by atoms with Gasteiger partial charge in [-0.05, 0) is 24.2 Å². The van der Waals surface area contributed by atoms with E-state index < -0.39 is 0 Å². The second-order valence-corrected chi connectivity index (χ2v) is 2.59. The smallest absolute Gasteiger partial charge is 0.131 e. The van der Waals surface area contributed by atoms with Crippen molar-refractivity contribution in [2.45, 2.75) is 20.8 Å². The number of benzene rings is 1. The second-order valence-electron chi connectivity index (χ2n) is 2.59. The molecule has 1 aromatic rings. The highest BCUT2D eigenvalue weighted by Crippen LogP contribution is 2.26. The SMILES string of the molecule is CC.CCN(C)c1ccccc1N=O. The van der Waals surface area contributed by atoms with Crippen LogP contribution in [0.5, 0.6) is 0 Å². The monoisotopic (exact) mass is 194 g/mol. The molecule has 0 N–H and O–H groups in total. The van der Waals surface area contributed by atoms with Gasteiger partial charge in [0.15, 0.2) is 0 Å². The first kappa shape index (κ1) is 12.6.